The molecule has 0 N–H and O–H groups in total. The molecule has 1 saturated heterocycles. The SMILES string of the molecule is Cc1nc(-c2ccc(OCC(=O)N3CCCc4cc(S(=O)(=O)N5CCCC5)ccc43)cc2)no1. The average Bonchev–Trinajstić information content (AvgIpc) is 3.55. The van der Waals surface area contributed by atoms with Crippen LogP contribution in [0.25, 0.3) is 11.4 Å². The quantitative estimate of drug-likeness (QED) is 0.531. The van der Waals surface area contributed by atoms with Crippen molar-refractivity contribution >= 4 is 21.6 Å². The topological polar surface area (TPSA) is 106 Å². The zero-order valence-electron chi connectivity index (χ0n) is 18.9. The van der Waals surface area contributed by atoms with E-state index in [2.05, 4.69) is 10.1 Å². The minimum absolute atomic E-state index is 0.117. The number of carbonyl (C=O) groups is 1. The van der Waals surface area contributed by atoms with Crippen LogP contribution < -0.4 is 9.64 Å². The lowest BCUT2D eigenvalue weighted by atomic mass is 10.0. The molecule has 1 aromatic heterocycles. The van der Waals surface area contributed by atoms with Gasteiger partial charge in [0.1, 0.15) is 5.75 Å². The maximum atomic E-state index is 13.0. The van der Waals surface area contributed by atoms with Gasteiger partial charge in [-0.25, -0.2) is 8.42 Å². The number of aryl methyl sites for hydroxylation is 2. The summed E-state index contributed by atoms with van der Waals surface area (Å²) in [7, 11) is -3.49. The molecule has 2 aliphatic rings. The van der Waals surface area contributed by atoms with Gasteiger partial charge in [-0.2, -0.15) is 9.29 Å². The van der Waals surface area contributed by atoms with Gasteiger partial charge in [0.15, 0.2) is 6.61 Å². The summed E-state index contributed by atoms with van der Waals surface area (Å²) in [5.41, 5.74) is 2.42. The van der Waals surface area contributed by atoms with Gasteiger partial charge in [0.2, 0.25) is 21.7 Å². The molecule has 2 aromatic carbocycles. The van der Waals surface area contributed by atoms with E-state index in [0.717, 1.165) is 42.5 Å². The molecule has 34 heavy (non-hydrogen) atoms. The Bertz CT molecular complexity index is 1300. The van der Waals surface area contributed by atoms with Crippen LogP contribution >= 0.6 is 0 Å². The molecule has 2 aliphatic heterocycles. The molecular formula is C24H26N4O5S. The number of anilines is 1. The van der Waals surface area contributed by atoms with Crippen molar-refractivity contribution in [3.8, 4) is 17.1 Å². The van der Waals surface area contributed by atoms with Crippen molar-refractivity contribution in [2.45, 2.75) is 37.5 Å². The Morgan fingerprint density at radius 2 is 1.82 bits per heavy atom. The van der Waals surface area contributed by atoms with E-state index in [1.807, 2.05) is 12.1 Å². The van der Waals surface area contributed by atoms with Crippen LogP contribution in [0.2, 0.25) is 0 Å². The second-order valence-electron chi connectivity index (χ2n) is 8.50. The summed E-state index contributed by atoms with van der Waals surface area (Å²) in [6.45, 7) is 3.32. The molecule has 0 atom stereocenters. The fourth-order valence-electron chi connectivity index (χ4n) is 4.41. The van der Waals surface area contributed by atoms with Gasteiger partial charge >= 0.3 is 0 Å². The van der Waals surface area contributed by atoms with Crippen LogP contribution in [-0.2, 0) is 21.2 Å². The summed E-state index contributed by atoms with van der Waals surface area (Å²) in [6.07, 6.45) is 3.29. The molecule has 0 radical (unpaired) electrons. The van der Waals surface area contributed by atoms with Gasteiger partial charge in [0, 0.05) is 37.8 Å². The summed E-state index contributed by atoms with van der Waals surface area (Å²) in [6, 6.07) is 12.2. The Morgan fingerprint density at radius 1 is 1.06 bits per heavy atom. The van der Waals surface area contributed by atoms with Gasteiger partial charge in [0.25, 0.3) is 5.91 Å². The van der Waals surface area contributed by atoms with Crippen LogP contribution in [0.1, 0.15) is 30.7 Å². The van der Waals surface area contributed by atoms with E-state index in [9.17, 15) is 13.2 Å². The van der Waals surface area contributed by atoms with Crippen molar-refractivity contribution < 1.29 is 22.5 Å². The van der Waals surface area contributed by atoms with Gasteiger partial charge in [0.05, 0.1) is 4.90 Å². The van der Waals surface area contributed by atoms with Crippen molar-refractivity contribution in [1.82, 2.24) is 14.4 Å². The lowest BCUT2D eigenvalue weighted by molar-refractivity contribution is -0.120. The van der Waals surface area contributed by atoms with Crippen molar-refractivity contribution in [1.29, 1.82) is 0 Å². The average molecular weight is 483 g/mol. The molecule has 3 aromatic rings. The first-order valence-electron chi connectivity index (χ1n) is 11.4. The number of benzene rings is 2. The Hall–Kier alpha value is -3.24. The maximum absolute atomic E-state index is 13.0. The predicted octanol–water partition coefficient (Wildman–Crippen LogP) is 3.19. The molecule has 9 nitrogen and oxygen atoms in total. The van der Waals surface area contributed by atoms with E-state index in [0.29, 0.717) is 42.0 Å². The van der Waals surface area contributed by atoms with Gasteiger partial charge in [-0.05, 0) is 73.7 Å². The largest absolute Gasteiger partial charge is 0.484 e. The second kappa shape index (κ2) is 9.19. The molecule has 5 rings (SSSR count). The third-order valence-electron chi connectivity index (χ3n) is 6.18. The highest BCUT2D eigenvalue weighted by Gasteiger charge is 2.29. The summed E-state index contributed by atoms with van der Waals surface area (Å²) in [4.78, 5) is 19.1. The Labute approximate surface area is 198 Å². The lowest BCUT2D eigenvalue weighted by Gasteiger charge is -2.30. The summed E-state index contributed by atoms with van der Waals surface area (Å²) in [5.74, 6) is 1.37. The highest BCUT2D eigenvalue weighted by molar-refractivity contribution is 7.89. The van der Waals surface area contributed by atoms with Crippen LogP contribution in [0.5, 0.6) is 5.75 Å². The molecule has 1 amide bonds. The molecule has 1 fully saturated rings. The zero-order valence-corrected chi connectivity index (χ0v) is 19.8. The van der Waals surface area contributed by atoms with Crippen LogP contribution in [-0.4, -0.2) is 55.0 Å². The minimum Gasteiger partial charge on any atom is -0.484 e. The standard InChI is InChI=1S/C24H26N4O5S/c1-17-25-24(26-33-17)18-6-8-20(9-7-18)32-16-23(29)28-14-4-5-19-15-21(10-11-22(19)28)34(30,31)27-12-2-3-13-27/h6-11,15H,2-5,12-14,16H2,1H3. The molecule has 3 heterocycles. The number of sulfonamides is 1. The number of ether oxygens (including phenoxy) is 1. The van der Waals surface area contributed by atoms with Crippen LogP contribution in [0, 0.1) is 6.92 Å². The summed E-state index contributed by atoms with van der Waals surface area (Å²) >= 11 is 0. The number of hydrogen-bond acceptors (Lipinski definition) is 7. The Kier molecular flexibility index (Phi) is 6.09. The van der Waals surface area contributed by atoms with Crippen LogP contribution in [0.3, 0.4) is 0 Å². The van der Waals surface area contributed by atoms with Gasteiger partial charge < -0.3 is 14.2 Å². The first kappa shape index (κ1) is 22.5. The number of amides is 1. The monoisotopic (exact) mass is 482 g/mol. The smallest absolute Gasteiger partial charge is 0.264 e. The molecule has 10 heteroatoms. The van der Waals surface area contributed by atoms with Crippen molar-refractivity contribution in [2.75, 3.05) is 31.1 Å². The lowest BCUT2D eigenvalue weighted by Crippen LogP contribution is -2.38. The fraction of sp³-hybridized carbons (Fsp3) is 0.375. The van der Waals surface area contributed by atoms with Crippen molar-refractivity contribution in [3.63, 3.8) is 0 Å². The number of aromatic nitrogens is 2. The molecule has 0 bridgehead atoms. The minimum atomic E-state index is -3.49. The Morgan fingerprint density at radius 3 is 2.53 bits per heavy atom. The Balaban J connectivity index is 1.26. The molecule has 178 valence electrons. The van der Waals surface area contributed by atoms with Crippen molar-refractivity contribution in [2.24, 2.45) is 0 Å². The number of carbonyl (C=O) groups excluding carboxylic acids is 1. The zero-order chi connectivity index (χ0) is 23.7. The fourth-order valence-corrected chi connectivity index (χ4v) is 5.98. The van der Waals surface area contributed by atoms with Gasteiger partial charge in [-0.15, -0.1) is 0 Å². The van der Waals surface area contributed by atoms with E-state index >= 15 is 0 Å². The normalized spacial score (nSPS) is 16.4. The predicted molar refractivity (Wildman–Crippen MR) is 125 cm³/mol. The van der Waals surface area contributed by atoms with E-state index in [4.69, 9.17) is 9.26 Å². The number of rotatable bonds is 6. The first-order valence-corrected chi connectivity index (χ1v) is 12.8. The van der Waals surface area contributed by atoms with E-state index in [1.165, 1.54) is 0 Å². The van der Waals surface area contributed by atoms with Crippen molar-refractivity contribution in [3.05, 3.63) is 53.9 Å². The van der Waals surface area contributed by atoms with Gasteiger partial charge in [-0.1, -0.05) is 5.16 Å². The molecule has 0 aliphatic carbocycles. The maximum Gasteiger partial charge on any atom is 0.264 e. The molecule has 0 saturated carbocycles. The number of fused-ring (bicyclic) bond motifs is 1. The van der Waals surface area contributed by atoms with E-state index in [1.54, 1.807) is 46.5 Å². The van der Waals surface area contributed by atoms with E-state index in [-0.39, 0.29) is 12.5 Å². The summed E-state index contributed by atoms with van der Waals surface area (Å²) in [5, 5.41) is 3.89. The van der Waals surface area contributed by atoms with Crippen LogP contribution in [0.4, 0.5) is 5.69 Å². The van der Waals surface area contributed by atoms with E-state index < -0.39 is 10.0 Å². The second-order valence-corrected chi connectivity index (χ2v) is 10.4. The molecule has 0 spiro atoms. The third-order valence-corrected chi connectivity index (χ3v) is 8.07. The number of hydrogen-bond donors (Lipinski definition) is 0. The number of nitrogens with zero attached hydrogens (tertiary/aromatic N) is 4. The third kappa shape index (κ3) is 4.43. The van der Waals surface area contributed by atoms with Crippen LogP contribution in [0.15, 0.2) is 51.9 Å². The first-order chi connectivity index (χ1) is 16.4. The summed E-state index contributed by atoms with van der Waals surface area (Å²) < 4.78 is 38.1. The molecule has 0 unspecified atom stereocenters. The highest BCUT2D eigenvalue weighted by atomic mass is 32.2. The molecular weight excluding hydrogens is 456 g/mol. The highest BCUT2D eigenvalue weighted by Crippen LogP contribution is 2.31. The van der Waals surface area contributed by atoms with Gasteiger partial charge in [-0.3, -0.25) is 4.79 Å².